The Balaban J connectivity index is 2.09. The predicted octanol–water partition coefficient (Wildman–Crippen LogP) is 4.89. The van der Waals surface area contributed by atoms with Gasteiger partial charge in [-0.3, -0.25) is 0 Å². The average molecular weight is 307 g/mol. The zero-order chi connectivity index (χ0) is 16.4. The van der Waals surface area contributed by atoms with E-state index < -0.39 is 0 Å². The third-order valence-corrected chi connectivity index (χ3v) is 4.78. The molecule has 0 spiro atoms. The summed E-state index contributed by atoms with van der Waals surface area (Å²) in [6.45, 7) is 11.0. The molecule has 2 aromatic carbocycles. The quantitative estimate of drug-likeness (QED) is 0.716. The SMILES string of the molecule is Cc1cccc(C)c1N1C=[N+](c2c(C)cccc2C)CCCC1. The van der Waals surface area contributed by atoms with Crippen LogP contribution in [0.2, 0.25) is 0 Å². The summed E-state index contributed by atoms with van der Waals surface area (Å²) in [7, 11) is 0. The summed E-state index contributed by atoms with van der Waals surface area (Å²) in [4.78, 5) is 2.45. The van der Waals surface area contributed by atoms with Crippen LogP contribution in [0, 0.1) is 27.7 Å². The molecular formula is C21H27N2+. The van der Waals surface area contributed by atoms with Gasteiger partial charge in [0.05, 0.1) is 13.1 Å². The first-order valence-corrected chi connectivity index (χ1v) is 8.58. The van der Waals surface area contributed by atoms with Gasteiger partial charge in [-0.2, -0.15) is 0 Å². The van der Waals surface area contributed by atoms with Gasteiger partial charge in [-0.25, -0.2) is 9.48 Å². The number of para-hydroxylation sites is 2. The Kier molecular flexibility index (Phi) is 4.51. The highest BCUT2D eigenvalue weighted by Crippen LogP contribution is 2.28. The molecule has 0 atom stereocenters. The van der Waals surface area contributed by atoms with Gasteiger partial charge in [0.1, 0.15) is 11.4 Å². The number of hydrogen-bond donors (Lipinski definition) is 0. The molecule has 3 rings (SSSR count). The maximum atomic E-state index is 2.45. The van der Waals surface area contributed by atoms with Crippen molar-refractivity contribution in [2.75, 3.05) is 18.0 Å². The number of hydrogen-bond acceptors (Lipinski definition) is 1. The van der Waals surface area contributed by atoms with E-state index >= 15 is 0 Å². The van der Waals surface area contributed by atoms with Crippen LogP contribution in [-0.2, 0) is 0 Å². The minimum absolute atomic E-state index is 1.09. The Morgan fingerprint density at radius 1 is 0.783 bits per heavy atom. The van der Waals surface area contributed by atoms with Crippen LogP contribution in [0.15, 0.2) is 36.4 Å². The van der Waals surface area contributed by atoms with Gasteiger partial charge in [-0.1, -0.05) is 36.4 Å². The van der Waals surface area contributed by atoms with Crippen LogP contribution in [0.1, 0.15) is 35.1 Å². The molecule has 120 valence electrons. The van der Waals surface area contributed by atoms with Gasteiger partial charge in [0, 0.05) is 0 Å². The van der Waals surface area contributed by atoms with E-state index in [0.717, 1.165) is 13.1 Å². The normalized spacial score (nSPS) is 15.3. The van der Waals surface area contributed by atoms with E-state index in [1.165, 1.54) is 46.5 Å². The molecule has 0 radical (unpaired) electrons. The van der Waals surface area contributed by atoms with Gasteiger partial charge >= 0.3 is 0 Å². The maximum absolute atomic E-state index is 2.45. The van der Waals surface area contributed by atoms with E-state index in [-0.39, 0.29) is 0 Å². The fraction of sp³-hybridized carbons (Fsp3) is 0.381. The van der Waals surface area contributed by atoms with Gasteiger partial charge in [0.2, 0.25) is 6.34 Å². The molecule has 2 heteroatoms. The summed E-state index contributed by atoms with van der Waals surface area (Å²) < 4.78 is 2.45. The minimum atomic E-state index is 1.09. The maximum Gasteiger partial charge on any atom is 0.244 e. The molecule has 1 aliphatic rings. The molecule has 0 unspecified atom stereocenters. The van der Waals surface area contributed by atoms with Gasteiger partial charge in [-0.15, -0.1) is 0 Å². The van der Waals surface area contributed by atoms with Crippen LogP contribution in [0.3, 0.4) is 0 Å². The first-order valence-electron chi connectivity index (χ1n) is 8.58. The largest absolute Gasteiger partial charge is 0.244 e. The van der Waals surface area contributed by atoms with E-state index in [9.17, 15) is 0 Å². The van der Waals surface area contributed by atoms with Crippen molar-refractivity contribution in [1.82, 2.24) is 0 Å². The van der Waals surface area contributed by atoms with E-state index in [1.54, 1.807) is 0 Å². The number of anilines is 1. The van der Waals surface area contributed by atoms with E-state index in [4.69, 9.17) is 0 Å². The lowest BCUT2D eigenvalue weighted by Gasteiger charge is -2.17. The van der Waals surface area contributed by atoms with Crippen molar-refractivity contribution in [3.63, 3.8) is 0 Å². The van der Waals surface area contributed by atoms with Crippen molar-refractivity contribution in [1.29, 1.82) is 0 Å². The smallest absolute Gasteiger partial charge is 0.233 e. The Hall–Kier alpha value is -2.09. The minimum Gasteiger partial charge on any atom is -0.233 e. The summed E-state index contributed by atoms with van der Waals surface area (Å²) in [5, 5.41) is 0. The molecule has 1 heterocycles. The van der Waals surface area contributed by atoms with Crippen LogP contribution in [0.4, 0.5) is 11.4 Å². The Labute approximate surface area is 140 Å². The van der Waals surface area contributed by atoms with Gasteiger partial charge in [0.25, 0.3) is 0 Å². The second kappa shape index (κ2) is 6.57. The van der Waals surface area contributed by atoms with E-state index in [2.05, 4.69) is 79.9 Å². The van der Waals surface area contributed by atoms with Crippen molar-refractivity contribution < 1.29 is 4.58 Å². The van der Waals surface area contributed by atoms with Gasteiger partial charge in [0.15, 0.2) is 0 Å². The van der Waals surface area contributed by atoms with Crippen LogP contribution in [-0.4, -0.2) is 24.0 Å². The molecule has 0 saturated heterocycles. The summed E-state index contributed by atoms with van der Waals surface area (Å²) >= 11 is 0. The highest BCUT2D eigenvalue weighted by Gasteiger charge is 2.22. The molecule has 0 amide bonds. The second-order valence-electron chi connectivity index (χ2n) is 6.69. The molecule has 23 heavy (non-hydrogen) atoms. The Morgan fingerprint density at radius 2 is 1.35 bits per heavy atom. The van der Waals surface area contributed by atoms with Crippen LogP contribution in [0.5, 0.6) is 0 Å². The molecule has 0 N–H and O–H groups in total. The Bertz CT molecular complexity index is 703. The lowest BCUT2D eigenvalue weighted by atomic mass is 10.1. The van der Waals surface area contributed by atoms with Crippen molar-refractivity contribution >= 4 is 17.7 Å². The molecular weight excluding hydrogens is 280 g/mol. The fourth-order valence-electron chi connectivity index (χ4n) is 3.70. The van der Waals surface area contributed by atoms with Gasteiger partial charge in [-0.05, 0) is 62.8 Å². The third kappa shape index (κ3) is 3.17. The summed E-state index contributed by atoms with van der Waals surface area (Å²) in [5.41, 5.74) is 8.14. The number of aryl methyl sites for hydroxylation is 4. The highest BCUT2D eigenvalue weighted by atomic mass is 15.2. The average Bonchev–Trinajstić information content (AvgIpc) is 2.73. The standard InChI is InChI=1S/C21H27N2/c1-16-9-7-10-17(2)20(16)22-13-5-6-14-23(15-22)21-18(3)11-8-12-19(21)4/h7-12,15H,5-6,13-14H2,1-4H3/q+1. The summed E-state index contributed by atoms with van der Waals surface area (Å²) in [6.07, 6.45) is 4.79. The lowest BCUT2D eigenvalue weighted by Crippen LogP contribution is -2.27. The molecule has 0 bridgehead atoms. The molecule has 2 aromatic rings. The van der Waals surface area contributed by atoms with Crippen LogP contribution >= 0.6 is 0 Å². The Morgan fingerprint density at radius 3 is 1.96 bits per heavy atom. The molecule has 0 fully saturated rings. The summed E-state index contributed by atoms with van der Waals surface area (Å²) in [5.74, 6) is 0. The fourth-order valence-corrected chi connectivity index (χ4v) is 3.70. The molecule has 0 aliphatic carbocycles. The highest BCUT2D eigenvalue weighted by molar-refractivity contribution is 5.80. The number of benzene rings is 2. The second-order valence-corrected chi connectivity index (χ2v) is 6.69. The van der Waals surface area contributed by atoms with Crippen molar-refractivity contribution in [3.8, 4) is 0 Å². The van der Waals surface area contributed by atoms with Crippen LogP contribution in [0.25, 0.3) is 0 Å². The lowest BCUT2D eigenvalue weighted by molar-refractivity contribution is -0.437. The molecule has 0 saturated carbocycles. The van der Waals surface area contributed by atoms with Crippen molar-refractivity contribution in [2.45, 2.75) is 40.5 Å². The van der Waals surface area contributed by atoms with Crippen molar-refractivity contribution in [2.24, 2.45) is 0 Å². The van der Waals surface area contributed by atoms with E-state index in [0.29, 0.717) is 0 Å². The molecule has 2 nitrogen and oxygen atoms in total. The van der Waals surface area contributed by atoms with E-state index in [1.807, 2.05) is 0 Å². The zero-order valence-corrected chi connectivity index (χ0v) is 14.8. The van der Waals surface area contributed by atoms with Gasteiger partial charge < -0.3 is 0 Å². The summed E-state index contributed by atoms with van der Waals surface area (Å²) in [6, 6.07) is 13.1. The zero-order valence-electron chi connectivity index (χ0n) is 14.8. The number of rotatable bonds is 2. The first kappa shape index (κ1) is 15.8. The molecule has 1 aliphatic heterocycles. The monoisotopic (exact) mass is 307 g/mol. The number of nitrogens with zero attached hydrogens (tertiary/aromatic N) is 2. The third-order valence-electron chi connectivity index (χ3n) is 4.78. The van der Waals surface area contributed by atoms with Crippen LogP contribution < -0.4 is 4.90 Å². The predicted molar refractivity (Wildman–Crippen MR) is 99.3 cm³/mol. The first-order chi connectivity index (χ1) is 11.1. The van der Waals surface area contributed by atoms with Crippen molar-refractivity contribution in [3.05, 3.63) is 58.7 Å². The molecule has 0 aromatic heterocycles. The topological polar surface area (TPSA) is 6.25 Å².